The second-order valence-corrected chi connectivity index (χ2v) is 3.32. The van der Waals surface area contributed by atoms with Crippen LogP contribution in [0.2, 0.25) is 0 Å². The van der Waals surface area contributed by atoms with E-state index in [1.54, 1.807) is 7.11 Å². The van der Waals surface area contributed by atoms with E-state index in [1.807, 2.05) is 24.3 Å². The molecule has 0 unspecified atom stereocenters. The van der Waals surface area contributed by atoms with Crippen molar-refractivity contribution in [3.63, 3.8) is 0 Å². The number of benzene rings is 1. The fourth-order valence-electron chi connectivity index (χ4n) is 1.21. The van der Waals surface area contributed by atoms with Gasteiger partial charge in [-0.05, 0) is 17.7 Å². The fourth-order valence-corrected chi connectivity index (χ4v) is 1.21. The summed E-state index contributed by atoms with van der Waals surface area (Å²) in [6.45, 7) is 0.705. The first-order chi connectivity index (χ1) is 8.26. The number of carbonyl (C=O) groups excluding carboxylic acids is 1. The highest BCUT2D eigenvalue weighted by atomic mass is 16.5. The Kier molecular flexibility index (Phi) is 5.62. The molecule has 1 aromatic rings. The van der Waals surface area contributed by atoms with Crippen molar-refractivity contribution in [3.05, 3.63) is 29.8 Å². The van der Waals surface area contributed by atoms with Crippen LogP contribution in [-0.4, -0.2) is 26.2 Å². The molecule has 90 valence electrons. The summed E-state index contributed by atoms with van der Waals surface area (Å²) < 4.78 is 10.1. The molecule has 1 rings (SSSR count). The zero-order chi connectivity index (χ0) is 12.5. The standard InChI is InChI=1S/C13H15NO3/c1-3-7-14-9-13(15)17-10-11-5-4-6-12(8-11)16-2/h1,4-6,8,14H,7,9-10H2,2H3. The largest absolute Gasteiger partial charge is 0.497 e. The first-order valence-corrected chi connectivity index (χ1v) is 5.19. The van der Waals surface area contributed by atoms with E-state index in [1.165, 1.54) is 0 Å². The molecule has 0 aliphatic carbocycles. The van der Waals surface area contributed by atoms with E-state index < -0.39 is 0 Å². The van der Waals surface area contributed by atoms with Gasteiger partial charge >= 0.3 is 5.97 Å². The predicted molar refractivity (Wildman–Crippen MR) is 64.5 cm³/mol. The molecule has 1 aromatic carbocycles. The highest BCUT2D eigenvalue weighted by Crippen LogP contribution is 2.13. The van der Waals surface area contributed by atoms with Crippen LogP contribution >= 0.6 is 0 Å². The van der Waals surface area contributed by atoms with E-state index in [-0.39, 0.29) is 19.1 Å². The smallest absolute Gasteiger partial charge is 0.320 e. The number of terminal acetylenes is 1. The molecule has 0 amide bonds. The molecule has 0 bridgehead atoms. The van der Waals surface area contributed by atoms with Crippen LogP contribution in [0.15, 0.2) is 24.3 Å². The number of methoxy groups -OCH3 is 1. The van der Waals surface area contributed by atoms with Gasteiger partial charge in [0.05, 0.1) is 20.2 Å². The number of esters is 1. The maximum Gasteiger partial charge on any atom is 0.320 e. The lowest BCUT2D eigenvalue weighted by Gasteiger charge is -2.06. The minimum atomic E-state index is -0.330. The van der Waals surface area contributed by atoms with Crippen LogP contribution in [0.25, 0.3) is 0 Å². The summed E-state index contributed by atoms with van der Waals surface area (Å²) in [6.07, 6.45) is 5.03. The van der Waals surface area contributed by atoms with Crippen LogP contribution in [0.5, 0.6) is 5.75 Å². The Bertz CT molecular complexity index is 409. The maximum atomic E-state index is 11.3. The van der Waals surface area contributed by atoms with Crippen molar-refractivity contribution in [2.24, 2.45) is 0 Å². The van der Waals surface area contributed by atoms with Crippen LogP contribution in [0.1, 0.15) is 5.56 Å². The Morgan fingerprint density at radius 1 is 1.53 bits per heavy atom. The number of rotatable bonds is 6. The Morgan fingerprint density at radius 3 is 3.06 bits per heavy atom. The molecule has 0 heterocycles. The van der Waals surface area contributed by atoms with Crippen molar-refractivity contribution < 1.29 is 14.3 Å². The summed E-state index contributed by atoms with van der Waals surface area (Å²) in [5.41, 5.74) is 0.884. The lowest BCUT2D eigenvalue weighted by atomic mass is 10.2. The van der Waals surface area contributed by atoms with Crippen LogP contribution in [-0.2, 0) is 16.1 Å². The van der Waals surface area contributed by atoms with Gasteiger partial charge in [-0.3, -0.25) is 10.1 Å². The molecule has 0 aliphatic heterocycles. The second-order valence-electron chi connectivity index (χ2n) is 3.32. The number of carbonyl (C=O) groups is 1. The molecule has 4 heteroatoms. The third kappa shape index (κ3) is 5.05. The number of ether oxygens (including phenoxy) is 2. The van der Waals surface area contributed by atoms with Crippen LogP contribution in [0, 0.1) is 12.3 Å². The zero-order valence-electron chi connectivity index (χ0n) is 9.73. The Balaban J connectivity index is 2.34. The number of nitrogens with one attached hydrogen (secondary N) is 1. The molecular weight excluding hydrogens is 218 g/mol. The molecule has 1 N–H and O–H groups in total. The number of hydrogen-bond donors (Lipinski definition) is 1. The maximum absolute atomic E-state index is 11.3. The van der Waals surface area contributed by atoms with Crippen molar-refractivity contribution in [2.45, 2.75) is 6.61 Å². The van der Waals surface area contributed by atoms with Gasteiger partial charge in [0.2, 0.25) is 0 Å². The van der Waals surface area contributed by atoms with E-state index >= 15 is 0 Å². The number of hydrogen-bond acceptors (Lipinski definition) is 4. The minimum Gasteiger partial charge on any atom is -0.497 e. The predicted octanol–water partition coefficient (Wildman–Crippen LogP) is 0.961. The molecule has 0 fully saturated rings. The molecule has 0 atom stereocenters. The third-order valence-electron chi connectivity index (χ3n) is 2.03. The molecular formula is C13H15NO3. The SMILES string of the molecule is C#CCNCC(=O)OCc1cccc(OC)c1. The normalized spacial score (nSPS) is 9.41. The van der Waals surface area contributed by atoms with Crippen molar-refractivity contribution >= 4 is 5.97 Å². The quantitative estimate of drug-likeness (QED) is 0.451. The lowest BCUT2D eigenvalue weighted by molar-refractivity contribution is -0.143. The van der Waals surface area contributed by atoms with Gasteiger partial charge < -0.3 is 9.47 Å². The molecule has 17 heavy (non-hydrogen) atoms. The topological polar surface area (TPSA) is 47.6 Å². The first-order valence-electron chi connectivity index (χ1n) is 5.19. The summed E-state index contributed by atoms with van der Waals surface area (Å²) in [7, 11) is 1.59. The van der Waals surface area contributed by atoms with Gasteiger partial charge in [0.1, 0.15) is 12.4 Å². The summed E-state index contributed by atoms with van der Waals surface area (Å²) in [4.78, 5) is 11.3. The summed E-state index contributed by atoms with van der Waals surface area (Å²) in [5.74, 6) is 2.79. The highest BCUT2D eigenvalue weighted by molar-refractivity contribution is 5.71. The summed E-state index contributed by atoms with van der Waals surface area (Å²) >= 11 is 0. The van der Waals surface area contributed by atoms with E-state index in [9.17, 15) is 4.79 Å². The monoisotopic (exact) mass is 233 g/mol. The Morgan fingerprint density at radius 2 is 2.35 bits per heavy atom. The van der Waals surface area contributed by atoms with E-state index in [0.717, 1.165) is 11.3 Å². The molecule has 0 spiro atoms. The van der Waals surface area contributed by atoms with E-state index in [4.69, 9.17) is 15.9 Å². The molecule has 0 radical (unpaired) electrons. The second kappa shape index (κ2) is 7.31. The van der Waals surface area contributed by atoms with Gasteiger partial charge in [-0.15, -0.1) is 6.42 Å². The Hall–Kier alpha value is -1.99. The van der Waals surface area contributed by atoms with Crippen molar-refractivity contribution in [1.82, 2.24) is 5.32 Å². The van der Waals surface area contributed by atoms with Crippen LogP contribution in [0.3, 0.4) is 0 Å². The van der Waals surface area contributed by atoms with Gasteiger partial charge in [-0.2, -0.15) is 0 Å². The van der Waals surface area contributed by atoms with E-state index in [0.29, 0.717) is 6.54 Å². The summed E-state index contributed by atoms with van der Waals surface area (Å²) in [6, 6.07) is 7.37. The zero-order valence-corrected chi connectivity index (χ0v) is 9.73. The summed E-state index contributed by atoms with van der Waals surface area (Å²) in [5, 5.41) is 2.76. The average Bonchev–Trinajstić information content (AvgIpc) is 2.37. The Labute approximate surface area is 101 Å². The van der Waals surface area contributed by atoms with Gasteiger partial charge in [0.15, 0.2) is 0 Å². The molecule has 4 nitrogen and oxygen atoms in total. The van der Waals surface area contributed by atoms with Gasteiger partial charge in [0.25, 0.3) is 0 Å². The van der Waals surface area contributed by atoms with Crippen LogP contribution in [0.4, 0.5) is 0 Å². The third-order valence-corrected chi connectivity index (χ3v) is 2.03. The molecule has 0 saturated carbocycles. The van der Waals surface area contributed by atoms with Gasteiger partial charge in [-0.1, -0.05) is 18.1 Å². The molecule has 0 aliphatic rings. The fraction of sp³-hybridized carbons (Fsp3) is 0.308. The first kappa shape index (κ1) is 13.1. The van der Waals surface area contributed by atoms with Gasteiger partial charge in [-0.25, -0.2) is 0 Å². The molecule has 0 aromatic heterocycles. The van der Waals surface area contributed by atoms with Crippen molar-refractivity contribution in [2.75, 3.05) is 20.2 Å². The minimum absolute atomic E-state index is 0.119. The van der Waals surface area contributed by atoms with Gasteiger partial charge in [0, 0.05) is 0 Å². The van der Waals surface area contributed by atoms with E-state index in [2.05, 4.69) is 11.2 Å². The van der Waals surface area contributed by atoms with Crippen molar-refractivity contribution in [1.29, 1.82) is 0 Å². The van der Waals surface area contributed by atoms with Crippen LogP contribution < -0.4 is 10.1 Å². The average molecular weight is 233 g/mol. The molecule has 0 saturated heterocycles. The van der Waals surface area contributed by atoms with Crippen molar-refractivity contribution in [3.8, 4) is 18.1 Å². The lowest BCUT2D eigenvalue weighted by Crippen LogP contribution is -2.24. The highest BCUT2D eigenvalue weighted by Gasteiger charge is 2.02.